The topological polar surface area (TPSA) is 50.7 Å². The number of carbonyl (C=O) groups excluding carboxylic acids is 1. The fraction of sp³-hybridized carbons (Fsp3) is 0.429. The van der Waals surface area contributed by atoms with Gasteiger partial charge >= 0.3 is 0 Å². The highest BCUT2D eigenvalue weighted by Crippen LogP contribution is 2.26. The molecule has 0 aliphatic carbocycles. The molecule has 1 heterocycles. The Morgan fingerprint density at radius 2 is 2.11 bits per heavy atom. The van der Waals surface area contributed by atoms with Crippen LogP contribution in [0, 0.1) is 0 Å². The molecule has 0 bridgehead atoms. The minimum absolute atomic E-state index is 0.0299. The number of nitrogens with zero attached hydrogens (tertiary/aromatic N) is 1. The molecule has 0 atom stereocenters. The normalized spacial score (nSPS) is 15.3. The average Bonchev–Trinajstić information content (AvgIpc) is 2.39. The van der Waals surface area contributed by atoms with Crippen molar-refractivity contribution in [3.8, 4) is 5.75 Å². The second kappa shape index (κ2) is 5.21. The van der Waals surface area contributed by atoms with Gasteiger partial charge in [0, 0.05) is 18.4 Å². The molecule has 18 heavy (non-hydrogen) atoms. The monoisotopic (exact) mass is 246 g/mol. The molecule has 0 unspecified atom stereocenters. The zero-order valence-corrected chi connectivity index (χ0v) is 11.0. The Bertz CT molecular complexity index is 493. The van der Waals surface area contributed by atoms with Gasteiger partial charge in [0.05, 0.1) is 12.8 Å². The maximum absolute atomic E-state index is 11.1. The molecule has 1 aromatic carbocycles. The number of rotatable bonds is 3. The van der Waals surface area contributed by atoms with E-state index >= 15 is 0 Å². The highest BCUT2D eigenvalue weighted by atomic mass is 16.5. The van der Waals surface area contributed by atoms with Crippen LogP contribution >= 0.6 is 0 Å². The van der Waals surface area contributed by atoms with Crippen molar-refractivity contribution in [3.63, 3.8) is 0 Å². The first-order valence-electron chi connectivity index (χ1n) is 6.15. The van der Waals surface area contributed by atoms with Crippen molar-refractivity contribution in [1.29, 1.82) is 0 Å². The summed E-state index contributed by atoms with van der Waals surface area (Å²) in [6.45, 7) is 4.30. The van der Waals surface area contributed by atoms with Crippen LogP contribution in [0.5, 0.6) is 5.75 Å². The molecule has 0 aromatic heterocycles. The molecule has 0 saturated heterocycles. The minimum Gasteiger partial charge on any atom is -0.496 e. The van der Waals surface area contributed by atoms with E-state index in [-0.39, 0.29) is 5.91 Å². The van der Waals surface area contributed by atoms with Crippen LogP contribution in [0.4, 0.5) is 0 Å². The lowest BCUT2D eigenvalue weighted by Gasteiger charge is -2.17. The number of hydrazone groups is 1. The lowest BCUT2D eigenvalue weighted by Crippen LogP contribution is -2.26. The quantitative estimate of drug-likeness (QED) is 0.890. The summed E-state index contributed by atoms with van der Waals surface area (Å²) >= 11 is 0. The fourth-order valence-corrected chi connectivity index (χ4v) is 1.98. The molecule has 1 amide bonds. The van der Waals surface area contributed by atoms with E-state index in [4.69, 9.17) is 4.74 Å². The number of ether oxygens (including phenoxy) is 1. The third-order valence-electron chi connectivity index (χ3n) is 3.11. The molecule has 4 nitrogen and oxygen atoms in total. The van der Waals surface area contributed by atoms with E-state index in [0.717, 1.165) is 17.0 Å². The molecular weight excluding hydrogens is 228 g/mol. The van der Waals surface area contributed by atoms with Crippen LogP contribution in [0.2, 0.25) is 0 Å². The molecule has 96 valence electrons. The van der Waals surface area contributed by atoms with Crippen molar-refractivity contribution in [3.05, 3.63) is 29.3 Å². The molecule has 0 radical (unpaired) electrons. The van der Waals surface area contributed by atoms with Gasteiger partial charge in [-0.25, -0.2) is 5.43 Å². The van der Waals surface area contributed by atoms with Crippen molar-refractivity contribution in [2.75, 3.05) is 7.11 Å². The van der Waals surface area contributed by atoms with E-state index in [0.29, 0.717) is 18.8 Å². The first-order chi connectivity index (χ1) is 8.61. The Morgan fingerprint density at radius 3 is 2.67 bits per heavy atom. The first-order valence-corrected chi connectivity index (χ1v) is 6.15. The molecule has 1 aliphatic rings. The molecule has 0 saturated carbocycles. The van der Waals surface area contributed by atoms with E-state index in [9.17, 15) is 4.79 Å². The van der Waals surface area contributed by atoms with E-state index < -0.39 is 0 Å². The van der Waals surface area contributed by atoms with Gasteiger partial charge < -0.3 is 4.74 Å². The average molecular weight is 246 g/mol. The van der Waals surface area contributed by atoms with Crippen LogP contribution in [0.1, 0.15) is 43.7 Å². The van der Waals surface area contributed by atoms with Crippen molar-refractivity contribution in [2.45, 2.75) is 32.6 Å². The molecule has 1 aliphatic heterocycles. The SMILES string of the molecule is COc1ccc(C(C)C)cc1C1=NNC(=O)CC1. The number of hydrogen-bond acceptors (Lipinski definition) is 3. The Labute approximate surface area is 107 Å². The van der Waals surface area contributed by atoms with Gasteiger partial charge in [-0.05, 0) is 23.6 Å². The van der Waals surface area contributed by atoms with E-state index in [1.54, 1.807) is 7.11 Å². The van der Waals surface area contributed by atoms with Gasteiger partial charge in [-0.1, -0.05) is 19.9 Å². The molecule has 0 spiro atoms. The highest BCUT2D eigenvalue weighted by molar-refractivity contribution is 6.06. The minimum atomic E-state index is -0.0299. The summed E-state index contributed by atoms with van der Waals surface area (Å²) < 4.78 is 5.37. The number of hydrogen-bond donors (Lipinski definition) is 1. The number of carbonyl (C=O) groups is 1. The van der Waals surface area contributed by atoms with Crippen LogP contribution in [-0.4, -0.2) is 18.7 Å². The van der Waals surface area contributed by atoms with E-state index in [2.05, 4.69) is 36.5 Å². The van der Waals surface area contributed by atoms with E-state index in [1.165, 1.54) is 5.56 Å². The Hall–Kier alpha value is -1.84. The van der Waals surface area contributed by atoms with Crippen LogP contribution < -0.4 is 10.2 Å². The summed E-state index contributed by atoms with van der Waals surface area (Å²) in [7, 11) is 1.65. The predicted octanol–water partition coefficient (Wildman–Crippen LogP) is 2.43. The van der Waals surface area contributed by atoms with E-state index in [1.807, 2.05) is 6.07 Å². The molecule has 1 N–H and O–H groups in total. The summed E-state index contributed by atoms with van der Waals surface area (Å²) in [5.74, 6) is 1.22. The lowest BCUT2D eigenvalue weighted by atomic mass is 9.96. The van der Waals surface area contributed by atoms with Crippen molar-refractivity contribution < 1.29 is 9.53 Å². The van der Waals surface area contributed by atoms with Gasteiger partial charge in [0.1, 0.15) is 5.75 Å². The van der Waals surface area contributed by atoms with Crippen LogP contribution in [0.15, 0.2) is 23.3 Å². The van der Waals surface area contributed by atoms with Gasteiger partial charge in [0.15, 0.2) is 0 Å². The number of benzene rings is 1. The van der Waals surface area contributed by atoms with Crippen molar-refractivity contribution >= 4 is 11.6 Å². The second-order valence-corrected chi connectivity index (χ2v) is 4.71. The number of nitrogens with one attached hydrogen (secondary N) is 1. The Morgan fingerprint density at radius 1 is 1.33 bits per heavy atom. The first kappa shape index (κ1) is 12.6. The molecular formula is C14H18N2O2. The summed E-state index contributed by atoms with van der Waals surface area (Å²) in [5, 5.41) is 4.13. The van der Waals surface area contributed by atoms with Gasteiger partial charge in [-0.15, -0.1) is 0 Å². The van der Waals surface area contributed by atoms with Gasteiger partial charge in [-0.2, -0.15) is 5.10 Å². The fourth-order valence-electron chi connectivity index (χ4n) is 1.98. The predicted molar refractivity (Wildman–Crippen MR) is 71.0 cm³/mol. The molecule has 2 rings (SSSR count). The summed E-state index contributed by atoms with van der Waals surface area (Å²) in [6, 6.07) is 6.12. The standard InChI is InChI=1S/C14H18N2O2/c1-9(2)10-4-6-13(18-3)11(8-10)12-5-7-14(17)16-15-12/h4,6,8-9H,5,7H2,1-3H3,(H,16,17). The van der Waals surface area contributed by atoms with Crippen LogP contribution in [-0.2, 0) is 4.79 Å². The maximum Gasteiger partial charge on any atom is 0.240 e. The van der Waals surface area contributed by atoms with Crippen LogP contribution in [0.3, 0.4) is 0 Å². The molecule has 4 heteroatoms. The van der Waals surface area contributed by atoms with Crippen molar-refractivity contribution in [2.24, 2.45) is 5.10 Å². The Kier molecular flexibility index (Phi) is 3.65. The molecule has 0 fully saturated rings. The summed E-state index contributed by atoms with van der Waals surface area (Å²) in [6.07, 6.45) is 1.14. The zero-order valence-electron chi connectivity index (χ0n) is 11.0. The highest BCUT2D eigenvalue weighted by Gasteiger charge is 2.17. The number of amides is 1. The Balaban J connectivity index is 2.41. The largest absolute Gasteiger partial charge is 0.496 e. The maximum atomic E-state index is 11.1. The zero-order chi connectivity index (χ0) is 13.1. The molecule has 1 aromatic rings. The van der Waals surface area contributed by atoms with Crippen LogP contribution in [0.25, 0.3) is 0 Å². The smallest absolute Gasteiger partial charge is 0.240 e. The van der Waals surface area contributed by atoms with Gasteiger partial charge in [-0.3, -0.25) is 4.79 Å². The lowest BCUT2D eigenvalue weighted by molar-refractivity contribution is -0.121. The summed E-state index contributed by atoms with van der Waals surface area (Å²) in [4.78, 5) is 11.1. The third kappa shape index (κ3) is 2.53. The third-order valence-corrected chi connectivity index (χ3v) is 3.11. The summed E-state index contributed by atoms with van der Waals surface area (Å²) in [5.41, 5.74) is 5.62. The van der Waals surface area contributed by atoms with Gasteiger partial charge in [0.25, 0.3) is 0 Å². The van der Waals surface area contributed by atoms with Crippen molar-refractivity contribution in [1.82, 2.24) is 5.43 Å². The van der Waals surface area contributed by atoms with Gasteiger partial charge in [0.2, 0.25) is 5.91 Å². The number of methoxy groups -OCH3 is 1. The second-order valence-electron chi connectivity index (χ2n) is 4.71.